The summed E-state index contributed by atoms with van der Waals surface area (Å²) in [6, 6.07) is 11.5. The predicted molar refractivity (Wildman–Crippen MR) is 82.4 cm³/mol. The summed E-state index contributed by atoms with van der Waals surface area (Å²) in [4.78, 5) is 23.8. The zero-order chi connectivity index (χ0) is 15.4. The Kier molecular flexibility index (Phi) is 4.60. The number of ether oxygens (including phenoxy) is 1. The molecule has 0 aliphatic rings. The highest BCUT2D eigenvalue weighted by molar-refractivity contribution is 6.31. The van der Waals surface area contributed by atoms with Crippen LogP contribution in [0.15, 0.2) is 42.5 Å². The fourth-order valence-corrected chi connectivity index (χ4v) is 2.05. The molecule has 21 heavy (non-hydrogen) atoms. The van der Waals surface area contributed by atoms with Gasteiger partial charge in [-0.2, -0.15) is 0 Å². The first-order chi connectivity index (χ1) is 10.0. The number of hydrogen-bond acceptors (Lipinski definition) is 3. The lowest BCUT2D eigenvalue weighted by Gasteiger charge is -2.10. The molecule has 1 N–H and O–H groups in total. The van der Waals surface area contributed by atoms with Gasteiger partial charge >= 0.3 is 0 Å². The molecule has 4 nitrogen and oxygen atoms in total. The van der Waals surface area contributed by atoms with Crippen molar-refractivity contribution in [2.75, 3.05) is 12.4 Å². The maximum absolute atomic E-state index is 12.2. The van der Waals surface area contributed by atoms with Gasteiger partial charge in [0.2, 0.25) is 0 Å². The van der Waals surface area contributed by atoms with E-state index in [0.717, 1.165) is 0 Å². The maximum Gasteiger partial charge on any atom is 0.255 e. The minimum Gasteiger partial charge on any atom is -0.497 e. The topological polar surface area (TPSA) is 55.4 Å². The average molecular weight is 304 g/mol. The van der Waals surface area contributed by atoms with Crippen LogP contribution in [-0.2, 0) is 0 Å². The van der Waals surface area contributed by atoms with E-state index in [4.69, 9.17) is 16.3 Å². The quantitative estimate of drug-likeness (QED) is 0.874. The lowest BCUT2D eigenvalue weighted by Crippen LogP contribution is -2.14. The standard InChI is InChI=1S/C16H14ClNO3/c1-10(19)14-9-12(17)6-7-15(14)18-16(20)11-4-3-5-13(8-11)21-2/h3-9H,1-2H3,(H,18,20). The van der Waals surface area contributed by atoms with Crippen molar-refractivity contribution in [3.63, 3.8) is 0 Å². The predicted octanol–water partition coefficient (Wildman–Crippen LogP) is 3.80. The second-order valence-corrected chi connectivity index (χ2v) is 4.87. The molecule has 0 unspecified atom stereocenters. The molecule has 0 aliphatic heterocycles. The number of halogens is 1. The summed E-state index contributed by atoms with van der Waals surface area (Å²) < 4.78 is 5.08. The van der Waals surface area contributed by atoms with Crippen LogP contribution in [0.5, 0.6) is 5.75 Å². The highest BCUT2D eigenvalue weighted by atomic mass is 35.5. The molecule has 5 heteroatoms. The molecule has 1 amide bonds. The first-order valence-corrected chi connectivity index (χ1v) is 6.65. The molecule has 0 spiro atoms. The summed E-state index contributed by atoms with van der Waals surface area (Å²) in [5.41, 5.74) is 1.25. The number of benzene rings is 2. The lowest BCUT2D eigenvalue weighted by molar-refractivity contribution is 0.101. The van der Waals surface area contributed by atoms with Gasteiger partial charge in [0, 0.05) is 16.1 Å². The molecule has 0 radical (unpaired) electrons. The Morgan fingerprint density at radius 2 is 1.90 bits per heavy atom. The molecular weight excluding hydrogens is 290 g/mol. The van der Waals surface area contributed by atoms with E-state index in [0.29, 0.717) is 27.6 Å². The number of ketones is 1. The highest BCUT2D eigenvalue weighted by Crippen LogP contribution is 2.22. The summed E-state index contributed by atoms with van der Waals surface area (Å²) in [6.45, 7) is 1.42. The number of methoxy groups -OCH3 is 1. The van der Waals surface area contributed by atoms with Gasteiger partial charge in [-0.05, 0) is 43.3 Å². The van der Waals surface area contributed by atoms with Crippen LogP contribution in [0, 0.1) is 0 Å². The van der Waals surface area contributed by atoms with E-state index in [-0.39, 0.29) is 11.7 Å². The molecule has 0 saturated heterocycles. The Bertz CT molecular complexity index is 698. The van der Waals surface area contributed by atoms with Gasteiger partial charge < -0.3 is 10.1 Å². The van der Waals surface area contributed by atoms with Gasteiger partial charge in [0.1, 0.15) is 5.75 Å². The lowest BCUT2D eigenvalue weighted by atomic mass is 10.1. The normalized spacial score (nSPS) is 10.0. The van der Waals surface area contributed by atoms with Crippen LogP contribution >= 0.6 is 11.6 Å². The molecule has 2 rings (SSSR count). The van der Waals surface area contributed by atoms with Crippen molar-refractivity contribution in [3.8, 4) is 5.75 Å². The fraction of sp³-hybridized carbons (Fsp3) is 0.125. The van der Waals surface area contributed by atoms with Crippen molar-refractivity contribution in [2.45, 2.75) is 6.92 Å². The first kappa shape index (κ1) is 15.1. The molecule has 0 aliphatic carbocycles. The van der Waals surface area contributed by atoms with Gasteiger partial charge in [-0.25, -0.2) is 0 Å². The minimum absolute atomic E-state index is 0.168. The van der Waals surface area contributed by atoms with Gasteiger partial charge in [-0.1, -0.05) is 17.7 Å². The SMILES string of the molecule is COc1cccc(C(=O)Nc2ccc(Cl)cc2C(C)=O)c1. The number of amides is 1. The third-order valence-electron chi connectivity index (χ3n) is 2.94. The Balaban J connectivity index is 2.29. The Morgan fingerprint density at radius 3 is 2.57 bits per heavy atom. The zero-order valence-electron chi connectivity index (χ0n) is 11.6. The van der Waals surface area contributed by atoms with Crippen molar-refractivity contribution in [1.29, 1.82) is 0 Å². The van der Waals surface area contributed by atoms with Crippen molar-refractivity contribution in [3.05, 3.63) is 58.6 Å². The number of hydrogen-bond donors (Lipinski definition) is 1. The summed E-state index contributed by atoms with van der Waals surface area (Å²) >= 11 is 5.87. The molecular formula is C16H14ClNO3. The van der Waals surface area contributed by atoms with Crippen LogP contribution in [-0.4, -0.2) is 18.8 Å². The molecule has 0 heterocycles. The Hall–Kier alpha value is -2.33. The number of nitrogens with one attached hydrogen (secondary N) is 1. The van der Waals surface area contributed by atoms with Crippen LogP contribution in [0.1, 0.15) is 27.6 Å². The summed E-state index contributed by atoms with van der Waals surface area (Å²) in [5, 5.41) is 3.16. The van der Waals surface area contributed by atoms with Crippen LogP contribution in [0.4, 0.5) is 5.69 Å². The number of rotatable bonds is 4. The molecule has 0 fully saturated rings. The van der Waals surface area contributed by atoms with Crippen molar-refractivity contribution in [1.82, 2.24) is 0 Å². The zero-order valence-corrected chi connectivity index (χ0v) is 12.4. The molecule has 2 aromatic rings. The van der Waals surface area contributed by atoms with Gasteiger partial charge in [0.15, 0.2) is 5.78 Å². The van der Waals surface area contributed by atoms with Crippen molar-refractivity contribution in [2.24, 2.45) is 0 Å². The number of carbonyl (C=O) groups is 2. The average Bonchev–Trinajstić information content (AvgIpc) is 2.48. The summed E-state index contributed by atoms with van der Waals surface area (Å²) in [6.07, 6.45) is 0. The number of carbonyl (C=O) groups excluding carboxylic acids is 2. The molecule has 0 saturated carbocycles. The van der Waals surface area contributed by atoms with Gasteiger partial charge in [-0.3, -0.25) is 9.59 Å². The van der Waals surface area contributed by atoms with E-state index in [2.05, 4.69) is 5.32 Å². The Morgan fingerprint density at radius 1 is 1.14 bits per heavy atom. The van der Waals surface area contributed by atoms with E-state index in [9.17, 15) is 9.59 Å². The third kappa shape index (κ3) is 3.61. The van der Waals surface area contributed by atoms with E-state index >= 15 is 0 Å². The van der Waals surface area contributed by atoms with Crippen molar-refractivity contribution < 1.29 is 14.3 Å². The highest BCUT2D eigenvalue weighted by Gasteiger charge is 2.12. The van der Waals surface area contributed by atoms with E-state index in [1.807, 2.05) is 0 Å². The van der Waals surface area contributed by atoms with Crippen LogP contribution in [0.2, 0.25) is 5.02 Å². The molecule has 0 aromatic heterocycles. The monoisotopic (exact) mass is 303 g/mol. The van der Waals surface area contributed by atoms with E-state index in [1.165, 1.54) is 20.1 Å². The van der Waals surface area contributed by atoms with E-state index in [1.54, 1.807) is 36.4 Å². The number of Topliss-reactive ketones (excluding diaryl/α,β-unsaturated/α-hetero) is 1. The Labute approximate surface area is 127 Å². The second kappa shape index (κ2) is 6.41. The maximum atomic E-state index is 12.2. The molecule has 2 aromatic carbocycles. The summed E-state index contributed by atoms with van der Waals surface area (Å²) in [5.74, 6) is 0.0997. The largest absolute Gasteiger partial charge is 0.497 e. The van der Waals surface area contributed by atoms with E-state index < -0.39 is 0 Å². The first-order valence-electron chi connectivity index (χ1n) is 6.27. The minimum atomic E-state index is -0.321. The molecule has 108 valence electrons. The number of anilines is 1. The third-order valence-corrected chi connectivity index (χ3v) is 3.18. The van der Waals surface area contributed by atoms with Gasteiger partial charge in [0.05, 0.1) is 12.8 Å². The summed E-state index contributed by atoms with van der Waals surface area (Å²) in [7, 11) is 1.53. The smallest absolute Gasteiger partial charge is 0.255 e. The second-order valence-electron chi connectivity index (χ2n) is 4.43. The van der Waals surface area contributed by atoms with Crippen LogP contribution < -0.4 is 10.1 Å². The van der Waals surface area contributed by atoms with Crippen LogP contribution in [0.25, 0.3) is 0 Å². The van der Waals surface area contributed by atoms with Gasteiger partial charge in [0.25, 0.3) is 5.91 Å². The fourth-order valence-electron chi connectivity index (χ4n) is 1.88. The molecule has 0 atom stereocenters. The molecule has 0 bridgehead atoms. The van der Waals surface area contributed by atoms with Crippen LogP contribution in [0.3, 0.4) is 0 Å². The van der Waals surface area contributed by atoms with Gasteiger partial charge in [-0.15, -0.1) is 0 Å². The van der Waals surface area contributed by atoms with Crippen molar-refractivity contribution >= 4 is 29.0 Å².